The van der Waals surface area contributed by atoms with E-state index < -0.39 is 0 Å². The zero-order valence-electron chi connectivity index (χ0n) is 9.50. The van der Waals surface area contributed by atoms with Crippen LogP contribution in [0.15, 0.2) is 48.7 Å². The van der Waals surface area contributed by atoms with Crippen LogP contribution >= 0.6 is 11.6 Å². The quantitative estimate of drug-likeness (QED) is 0.630. The molecule has 0 spiro atoms. The number of rotatable bonds is 1. The van der Waals surface area contributed by atoms with E-state index in [-0.39, 0.29) is 0 Å². The van der Waals surface area contributed by atoms with Gasteiger partial charge < -0.3 is 4.98 Å². The Labute approximate surface area is 105 Å². The maximum Gasteiger partial charge on any atom is 0.0533 e. The van der Waals surface area contributed by atoms with Crippen LogP contribution in [-0.2, 0) is 0 Å². The number of halogens is 1. The van der Waals surface area contributed by atoms with E-state index in [0.29, 0.717) is 0 Å². The molecule has 1 nitrogen and oxygen atoms in total. The highest BCUT2D eigenvalue weighted by atomic mass is 35.5. The summed E-state index contributed by atoms with van der Waals surface area (Å²) in [4.78, 5) is 3.33. The lowest BCUT2D eigenvalue weighted by Gasteiger charge is -2.01. The summed E-state index contributed by atoms with van der Waals surface area (Å²) in [6.07, 6.45) is 2.04. The number of fused-ring (bicyclic) bond motifs is 1. The summed E-state index contributed by atoms with van der Waals surface area (Å²) in [6.45, 7) is 2.11. The van der Waals surface area contributed by atoms with Crippen molar-refractivity contribution in [1.29, 1.82) is 0 Å². The van der Waals surface area contributed by atoms with E-state index in [0.717, 1.165) is 16.3 Å². The molecular weight excluding hydrogens is 230 g/mol. The van der Waals surface area contributed by atoms with Gasteiger partial charge in [0.1, 0.15) is 0 Å². The van der Waals surface area contributed by atoms with Crippen molar-refractivity contribution in [2.24, 2.45) is 0 Å². The van der Waals surface area contributed by atoms with Crippen molar-refractivity contribution in [2.75, 3.05) is 0 Å². The standard InChI is InChI=1S/C15H12ClN/c1-10-2-3-12-9-17-15(14(12)8-10)11-4-6-13(16)7-5-11/h2-9,17H,1H3. The van der Waals surface area contributed by atoms with Crippen molar-refractivity contribution < 1.29 is 0 Å². The molecule has 0 aliphatic carbocycles. The zero-order valence-corrected chi connectivity index (χ0v) is 10.3. The minimum Gasteiger partial charge on any atom is -0.360 e. The minimum absolute atomic E-state index is 0.765. The lowest BCUT2D eigenvalue weighted by Crippen LogP contribution is -1.78. The lowest BCUT2D eigenvalue weighted by atomic mass is 10.1. The summed E-state index contributed by atoms with van der Waals surface area (Å²) in [5, 5.41) is 3.26. The summed E-state index contributed by atoms with van der Waals surface area (Å²) < 4.78 is 0. The Morgan fingerprint density at radius 3 is 2.53 bits per heavy atom. The maximum atomic E-state index is 5.91. The van der Waals surface area contributed by atoms with Gasteiger partial charge in [-0.1, -0.05) is 41.4 Å². The van der Waals surface area contributed by atoms with E-state index >= 15 is 0 Å². The van der Waals surface area contributed by atoms with Gasteiger partial charge in [-0.05, 0) is 36.1 Å². The molecule has 0 atom stereocenters. The number of benzene rings is 2. The lowest BCUT2D eigenvalue weighted by molar-refractivity contribution is 1.41. The third kappa shape index (κ3) is 1.83. The third-order valence-electron chi connectivity index (χ3n) is 2.98. The van der Waals surface area contributed by atoms with Crippen LogP contribution in [0.25, 0.3) is 22.0 Å². The molecule has 0 aliphatic rings. The third-order valence-corrected chi connectivity index (χ3v) is 3.24. The summed E-state index contributed by atoms with van der Waals surface area (Å²) in [6, 6.07) is 14.4. The van der Waals surface area contributed by atoms with E-state index in [9.17, 15) is 0 Å². The van der Waals surface area contributed by atoms with E-state index in [1.165, 1.54) is 16.3 Å². The van der Waals surface area contributed by atoms with Crippen LogP contribution in [0.3, 0.4) is 0 Å². The summed E-state index contributed by atoms with van der Waals surface area (Å²) >= 11 is 5.91. The number of hydrogen-bond acceptors (Lipinski definition) is 0. The molecule has 1 aromatic heterocycles. The SMILES string of the molecule is Cc1ccc2c[nH]c(-c3ccc(Cl)cc3)c2c1. The first-order chi connectivity index (χ1) is 8.24. The molecule has 0 aliphatic heterocycles. The van der Waals surface area contributed by atoms with Crippen LogP contribution < -0.4 is 0 Å². The van der Waals surface area contributed by atoms with Crippen LogP contribution in [0.4, 0.5) is 0 Å². The number of aromatic amines is 1. The highest BCUT2D eigenvalue weighted by molar-refractivity contribution is 6.30. The van der Waals surface area contributed by atoms with Gasteiger partial charge in [-0.15, -0.1) is 0 Å². The molecule has 84 valence electrons. The number of H-pyrrole nitrogens is 1. The molecule has 2 heteroatoms. The normalized spacial score (nSPS) is 10.9. The first-order valence-electron chi connectivity index (χ1n) is 5.58. The van der Waals surface area contributed by atoms with Crippen LogP contribution in [0, 0.1) is 6.92 Å². The molecule has 1 heterocycles. The first kappa shape index (κ1) is 10.4. The Balaban J connectivity index is 2.23. The number of nitrogens with one attached hydrogen (secondary N) is 1. The van der Waals surface area contributed by atoms with Crippen LogP contribution in [-0.4, -0.2) is 4.98 Å². The van der Waals surface area contributed by atoms with Crippen molar-refractivity contribution in [2.45, 2.75) is 6.92 Å². The molecule has 3 rings (SSSR count). The highest BCUT2D eigenvalue weighted by Crippen LogP contribution is 2.29. The van der Waals surface area contributed by atoms with Crippen LogP contribution in [0.1, 0.15) is 5.56 Å². The average Bonchev–Trinajstić information content (AvgIpc) is 2.73. The Bertz CT molecular complexity index is 665. The monoisotopic (exact) mass is 241 g/mol. The molecule has 0 saturated heterocycles. The average molecular weight is 242 g/mol. The molecule has 3 aromatic rings. The maximum absolute atomic E-state index is 5.91. The van der Waals surface area contributed by atoms with Gasteiger partial charge in [0.25, 0.3) is 0 Å². The van der Waals surface area contributed by atoms with Crippen molar-refractivity contribution in [1.82, 2.24) is 4.98 Å². The second-order valence-corrected chi connectivity index (χ2v) is 4.70. The number of aryl methyl sites for hydroxylation is 1. The molecule has 0 unspecified atom stereocenters. The van der Waals surface area contributed by atoms with Gasteiger partial charge in [0.2, 0.25) is 0 Å². The molecule has 0 saturated carbocycles. The topological polar surface area (TPSA) is 15.8 Å². The van der Waals surface area contributed by atoms with E-state index in [4.69, 9.17) is 11.6 Å². The van der Waals surface area contributed by atoms with Gasteiger partial charge in [-0.3, -0.25) is 0 Å². The molecule has 1 N–H and O–H groups in total. The Kier molecular flexibility index (Phi) is 2.41. The molecule has 0 amide bonds. The van der Waals surface area contributed by atoms with E-state index in [1.54, 1.807) is 0 Å². The van der Waals surface area contributed by atoms with Crippen molar-refractivity contribution in [3.05, 3.63) is 59.2 Å². The van der Waals surface area contributed by atoms with Crippen molar-refractivity contribution >= 4 is 22.4 Å². The molecule has 0 bridgehead atoms. The van der Waals surface area contributed by atoms with Gasteiger partial charge in [-0.25, -0.2) is 0 Å². The molecule has 0 fully saturated rings. The smallest absolute Gasteiger partial charge is 0.0533 e. The summed E-state index contributed by atoms with van der Waals surface area (Å²) in [5.74, 6) is 0. The fraction of sp³-hybridized carbons (Fsp3) is 0.0667. The fourth-order valence-corrected chi connectivity index (χ4v) is 2.22. The second kappa shape index (κ2) is 3.94. The predicted molar refractivity (Wildman–Crippen MR) is 73.5 cm³/mol. The zero-order chi connectivity index (χ0) is 11.8. The van der Waals surface area contributed by atoms with Crippen molar-refractivity contribution in [3.8, 4) is 11.3 Å². The minimum atomic E-state index is 0.765. The molecular formula is C15H12ClN. The Hall–Kier alpha value is -1.73. The van der Waals surface area contributed by atoms with Gasteiger partial charge in [0.05, 0.1) is 5.69 Å². The van der Waals surface area contributed by atoms with E-state index in [2.05, 4.69) is 30.1 Å². The summed E-state index contributed by atoms with van der Waals surface area (Å²) in [5.41, 5.74) is 3.59. The second-order valence-electron chi connectivity index (χ2n) is 4.26. The highest BCUT2D eigenvalue weighted by Gasteiger charge is 2.05. The number of hydrogen-bond donors (Lipinski definition) is 1. The van der Waals surface area contributed by atoms with Crippen LogP contribution in [0.2, 0.25) is 5.02 Å². The molecule has 0 radical (unpaired) electrons. The Morgan fingerprint density at radius 1 is 1.00 bits per heavy atom. The predicted octanol–water partition coefficient (Wildman–Crippen LogP) is 4.80. The summed E-state index contributed by atoms with van der Waals surface area (Å²) in [7, 11) is 0. The first-order valence-corrected chi connectivity index (χ1v) is 5.95. The largest absolute Gasteiger partial charge is 0.360 e. The van der Waals surface area contributed by atoms with Crippen LogP contribution in [0.5, 0.6) is 0 Å². The van der Waals surface area contributed by atoms with Gasteiger partial charge >= 0.3 is 0 Å². The Morgan fingerprint density at radius 2 is 1.76 bits per heavy atom. The molecule has 17 heavy (non-hydrogen) atoms. The van der Waals surface area contributed by atoms with Gasteiger partial charge in [0, 0.05) is 16.6 Å². The molecule has 2 aromatic carbocycles. The van der Waals surface area contributed by atoms with Crippen molar-refractivity contribution in [3.63, 3.8) is 0 Å². The van der Waals surface area contributed by atoms with Gasteiger partial charge in [0.15, 0.2) is 0 Å². The fourth-order valence-electron chi connectivity index (χ4n) is 2.10. The van der Waals surface area contributed by atoms with Gasteiger partial charge in [-0.2, -0.15) is 0 Å². The van der Waals surface area contributed by atoms with E-state index in [1.807, 2.05) is 30.5 Å². The number of aromatic nitrogens is 1.